The van der Waals surface area contributed by atoms with Gasteiger partial charge in [-0.05, 0) is 36.1 Å². The predicted molar refractivity (Wildman–Crippen MR) is 96.2 cm³/mol. The number of benzene rings is 2. The molecule has 1 aliphatic rings. The zero-order valence-electron chi connectivity index (χ0n) is 14.7. The molecule has 0 amide bonds. The average Bonchev–Trinajstić information content (AvgIpc) is 3.02. The Morgan fingerprint density at radius 3 is 2.44 bits per heavy atom. The van der Waals surface area contributed by atoms with E-state index in [-0.39, 0.29) is 5.92 Å². The lowest BCUT2D eigenvalue weighted by Crippen LogP contribution is -2.38. The van der Waals surface area contributed by atoms with E-state index in [1.54, 1.807) is 7.11 Å². The minimum Gasteiger partial charge on any atom is -0.497 e. The molecule has 1 aliphatic carbocycles. The first kappa shape index (κ1) is 17.9. The third-order valence-corrected chi connectivity index (χ3v) is 4.80. The van der Waals surface area contributed by atoms with E-state index < -0.39 is 5.79 Å². The van der Waals surface area contributed by atoms with Gasteiger partial charge in [-0.3, -0.25) is 0 Å². The second-order valence-electron chi connectivity index (χ2n) is 6.57. The first-order chi connectivity index (χ1) is 12.2. The molecule has 1 fully saturated rings. The van der Waals surface area contributed by atoms with Crippen LogP contribution in [0.5, 0.6) is 5.75 Å². The van der Waals surface area contributed by atoms with Gasteiger partial charge in [0.2, 0.25) is 0 Å². The van der Waals surface area contributed by atoms with E-state index in [2.05, 4.69) is 0 Å². The van der Waals surface area contributed by atoms with Crippen molar-refractivity contribution in [1.82, 2.24) is 0 Å². The molecule has 1 N–H and O–H groups in total. The molecule has 4 nitrogen and oxygen atoms in total. The van der Waals surface area contributed by atoms with Crippen LogP contribution < -0.4 is 4.74 Å². The molecule has 2 atom stereocenters. The van der Waals surface area contributed by atoms with Crippen LogP contribution in [0.4, 0.5) is 0 Å². The summed E-state index contributed by atoms with van der Waals surface area (Å²) in [6.45, 7) is 1.45. The highest BCUT2D eigenvalue weighted by Gasteiger charge is 2.42. The Kier molecular flexibility index (Phi) is 6.08. The standard InChI is InChI=1S/C21H26O4/c1-23-20-11-9-18(10-12-20)15-25-21(22)13-5-8-19(21)16-24-14-17-6-3-2-4-7-17/h2-4,6-7,9-12,19,22H,5,8,13-16H2,1H3. The molecule has 4 heteroatoms. The van der Waals surface area contributed by atoms with Crippen LogP contribution in [-0.4, -0.2) is 24.6 Å². The number of aliphatic hydroxyl groups is 1. The quantitative estimate of drug-likeness (QED) is 0.739. The summed E-state index contributed by atoms with van der Waals surface area (Å²) >= 11 is 0. The lowest BCUT2D eigenvalue weighted by molar-refractivity contribution is -0.239. The van der Waals surface area contributed by atoms with Gasteiger partial charge in [0.25, 0.3) is 0 Å². The van der Waals surface area contributed by atoms with Gasteiger partial charge in [0.05, 0.1) is 26.9 Å². The minimum atomic E-state index is -1.10. The second-order valence-corrected chi connectivity index (χ2v) is 6.57. The Labute approximate surface area is 149 Å². The molecular weight excluding hydrogens is 316 g/mol. The zero-order chi connectivity index (χ0) is 17.5. The summed E-state index contributed by atoms with van der Waals surface area (Å²) in [5.74, 6) is -0.277. The number of hydrogen-bond donors (Lipinski definition) is 1. The fourth-order valence-electron chi connectivity index (χ4n) is 3.26. The Hall–Kier alpha value is -1.88. The molecule has 2 aromatic carbocycles. The molecule has 3 rings (SSSR count). The third-order valence-electron chi connectivity index (χ3n) is 4.80. The van der Waals surface area contributed by atoms with Gasteiger partial charge >= 0.3 is 0 Å². The topological polar surface area (TPSA) is 47.9 Å². The normalized spacial score (nSPS) is 22.9. The Morgan fingerprint density at radius 1 is 1.00 bits per heavy atom. The van der Waals surface area contributed by atoms with Gasteiger partial charge in [-0.25, -0.2) is 0 Å². The van der Waals surface area contributed by atoms with Crippen LogP contribution in [0.15, 0.2) is 54.6 Å². The fraction of sp³-hybridized carbons (Fsp3) is 0.429. The molecule has 2 aromatic rings. The smallest absolute Gasteiger partial charge is 0.170 e. The van der Waals surface area contributed by atoms with E-state index in [1.807, 2.05) is 54.6 Å². The molecule has 0 heterocycles. The van der Waals surface area contributed by atoms with Gasteiger partial charge in [0, 0.05) is 12.3 Å². The van der Waals surface area contributed by atoms with Crippen molar-refractivity contribution in [2.45, 2.75) is 38.3 Å². The highest BCUT2D eigenvalue weighted by molar-refractivity contribution is 5.26. The maximum Gasteiger partial charge on any atom is 0.170 e. The summed E-state index contributed by atoms with van der Waals surface area (Å²) < 4.78 is 16.9. The lowest BCUT2D eigenvalue weighted by Gasteiger charge is -2.30. The van der Waals surface area contributed by atoms with E-state index in [0.717, 1.165) is 29.7 Å². The maximum atomic E-state index is 10.9. The monoisotopic (exact) mass is 342 g/mol. The number of rotatable bonds is 8. The van der Waals surface area contributed by atoms with Crippen LogP contribution in [0, 0.1) is 5.92 Å². The zero-order valence-corrected chi connectivity index (χ0v) is 14.7. The van der Waals surface area contributed by atoms with Crippen LogP contribution in [-0.2, 0) is 22.7 Å². The maximum absolute atomic E-state index is 10.9. The molecule has 0 radical (unpaired) electrons. The Balaban J connectivity index is 1.50. The highest BCUT2D eigenvalue weighted by Crippen LogP contribution is 2.37. The van der Waals surface area contributed by atoms with Crippen LogP contribution in [0.2, 0.25) is 0 Å². The van der Waals surface area contributed by atoms with Crippen molar-refractivity contribution in [1.29, 1.82) is 0 Å². The molecule has 0 aliphatic heterocycles. The van der Waals surface area contributed by atoms with Crippen LogP contribution in [0.1, 0.15) is 30.4 Å². The van der Waals surface area contributed by atoms with E-state index in [0.29, 0.717) is 26.2 Å². The first-order valence-electron chi connectivity index (χ1n) is 8.80. The SMILES string of the molecule is COc1ccc(COC2(O)CCCC2COCc2ccccc2)cc1. The van der Waals surface area contributed by atoms with E-state index >= 15 is 0 Å². The summed E-state index contributed by atoms with van der Waals surface area (Å²) in [5.41, 5.74) is 2.16. The predicted octanol–water partition coefficient (Wildman–Crippen LogP) is 3.92. The van der Waals surface area contributed by atoms with E-state index in [1.165, 1.54) is 0 Å². The van der Waals surface area contributed by atoms with Crippen molar-refractivity contribution in [3.63, 3.8) is 0 Å². The summed E-state index contributed by atoms with van der Waals surface area (Å²) in [7, 11) is 1.65. The minimum absolute atomic E-state index is 0.00876. The van der Waals surface area contributed by atoms with Crippen molar-refractivity contribution >= 4 is 0 Å². The summed E-state index contributed by atoms with van der Waals surface area (Å²) in [6, 6.07) is 17.8. The average molecular weight is 342 g/mol. The van der Waals surface area contributed by atoms with Crippen LogP contribution in [0.3, 0.4) is 0 Å². The van der Waals surface area contributed by atoms with Gasteiger partial charge in [0.15, 0.2) is 5.79 Å². The van der Waals surface area contributed by atoms with E-state index in [4.69, 9.17) is 14.2 Å². The van der Waals surface area contributed by atoms with Crippen molar-refractivity contribution in [2.75, 3.05) is 13.7 Å². The second kappa shape index (κ2) is 8.48. The van der Waals surface area contributed by atoms with Crippen molar-refractivity contribution in [2.24, 2.45) is 5.92 Å². The largest absolute Gasteiger partial charge is 0.497 e. The molecular formula is C21H26O4. The van der Waals surface area contributed by atoms with Crippen molar-refractivity contribution in [3.8, 4) is 5.75 Å². The van der Waals surface area contributed by atoms with Gasteiger partial charge in [-0.1, -0.05) is 42.5 Å². The van der Waals surface area contributed by atoms with E-state index in [9.17, 15) is 5.11 Å². The van der Waals surface area contributed by atoms with Gasteiger partial charge in [-0.15, -0.1) is 0 Å². The molecule has 0 spiro atoms. The highest BCUT2D eigenvalue weighted by atomic mass is 16.6. The summed E-state index contributed by atoms with van der Waals surface area (Å²) in [4.78, 5) is 0. The molecule has 1 saturated carbocycles. The molecule has 0 bridgehead atoms. The van der Waals surface area contributed by atoms with Gasteiger partial charge in [-0.2, -0.15) is 0 Å². The number of hydrogen-bond acceptors (Lipinski definition) is 4. The molecule has 2 unspecified atom stereocenters. The van der Waals surface area contributed by atoms with Crippen LogP contribution in [0.25, 0.3) is 0 Å². The summed E-state index contributed by atoms with van der Waals surface area (Å²) in [6.07, 6.45) is 2.54. The fourth-order valence-corrected chi connectivity index (χ4v) is 3.26. The summed E-state index contributed by atoms with van der Waals surface area (Å²) in [5, 5.41) is 10.9. The third kappa shape index (κ3) is 4.82. The Morgan fingerprint density at radius 2 is 1.72 bits per heavy atom. The lowest BCUT2D eigenvalue weighted by atomic mass is 10.0. The van der Waals surface area contributed by atoms with Gasteiger partial charge in [0.1, 0.15) is 5.75 Å². The molecule has 134 valence electrons. The molecule has 25 heavy (non-hydrogen) atoms. The Bertz CT molecular complexity index is 641. The van der Waals surface area contributed by atoms with Crippen molar-refractivity contribution < 1.29 is 19.3 Å². The number of methoxy groups -OCH3 is 1. The van der Waals surface area contributed by atoms with Gasteiger partial charge < -0.3 is 19.3 Å². The van der Waals surface area contributed by atoms with Crippen molar-refractivity contribution in [3.05, 3.63) is 65.7 Å². The molecule has 0 aromatic heterocycles. The molecule has 0 saturated heterocycles. The van der Waals surface area contributed by atoms with Crippen LogP contribution >= 0.6 is 0 Å². The number of ether oxygens (including phenoxy) is 3. The first-order valence-corrected chi connectivity index (χ1v) is 8.80.